The van der Waals surface area contributed by atoms with E-state index >= 15 is 8.78 Å². The highest BCUT2D eigenvalue weighted by molar-refractivity contribution is 6.09. The molecule has 0 aliphatic carbocycles. The molecular formula is C99H157F2N7O23. The van der Waals surface area contributed by atoms with E-state index in [2.05, 4.69) is 30.4 Å². The minimum absolute atomic E-state index is 0.00439. The van der Waals surface area contributed by atoms with Gasteiger partial charge in [-0.25, -0.2) is 38.0 Å². The van der Waals surface area contributed by atoms with Crippen LogP contribution in [-0.2, 0) is 104 Å². The first-order valence-corrected chi connectivity index (χ1v) is 46.6. The molecule has 0 saturated carbocycles. The van der Waals surface area contributed by atoms with Crippen LogP contribution in [0.15, 0.2) is 87.4 Å². The molecule has 0 unspecified atom stereocenters. The van der Waals surface area contributed by atoms with Crippen LogP contribution in [-0.4, -0.2) is 226 Å². The molecular weight excluding hydrogens is 1690 g/mol. The van der Waals surface area contributed by atoms with Crippen molar-refractivity contribution < 1.29 is 120 Å². The number of cyclic esters (lactones) is 3. The molecule has 27 atom stereocenters. The van der Waals surface area contributed by atoms with Gasteiger partial charge in [0.2, 0.25) is 11.8 Å². The standard InChI is InChI=1S/C36H51N5O8.C34H49FN2O8.C23H39FO7.3C2H6/c1-10-29-36(9,45)33-23(4)31(39-26(7)42)21(2)16-35(8,25(6)22(3)32(43)24(5)34(44)49-29)47-20-28(19-46-33)40-48-18-27-12-13-30(37-17-27)41-15-11-14-38-41;1-10-27-34(9,41)30-22(4)28(36-24(6)38)20(2)16-32(7,23(5)21(3)29(39)33(8,35)31(40)45-27)43-19-26(18-42-30)37-44-17-25-14-12-11-13-15-25;1-10-16-23(8,29)19(27)14(4)17(25)12(2)11-21(6,30-9)15(5)13(3)18(26)22(7,24)20(28)31-16;3*1-2/h11-15,17,21-25,29,33,45H,10,16,18-20H2,1-9H3;11-15,20-23,27,30,41H,10,16-19H2,1-9H3;12-16,19,27,29H,10-11H2,1-9H3;3*1-2H3/b39-31?,40-28+;36-28?,37-26+;;;;/t21-,22-,23+,24-,25-,29-,33-,35-,36-;20-,21-,22+,23-,27-,30-,32-,33+,34-;12-,13-,14+,15-,16-,19-,21-,22+,23-;;;/m111.../s1. The van der Waals surface area contributed by atoms with Crippen LogP contribution in [0.25, 0.3) is 5.82 Å². The van der Waals surface area contributed by atoms with Gasteiger partial charge in [-0.2, -0.15) is 5.10 Å². The molecule has 0 spiro atoms. The maximum atomic E-state index is 16.1. The number of halogens is 2. The van der Waals surface area contributed by atoms with E-state index in [4.69, 9.17) is 47.6 Å². The number of carbonyl (C=O) groups is 9. The van der Waals surface area contributed by atoms with Crippen molar-refractivity contribution in [2.75, 3.05) is 33.5 Å². The second kappa shape index (κ2) is 50.9. The fourth-order valence-corrected chi connectivity index (χ4v) is 18.1. The molecule has 5 fully saturated rings. The van der Waals surface area contributed by atoms with E-state index < -0.39 is 188 Å². The van der Waals surface area contributed by atoms with Crippen LogP contribution in [0.2, 0.25) is 0 Å². The number of benzene rings is 1. The Morgan fingerprint density at radius 2 is 0.916 bits per heavy atom. The fourth-order valence-electron chi connectivity index (χ4n) is 18.1. The number of carbonyl (C=O) groups excluding carboxylic acids is 9. The zero-order valence-corrected chi connectivity index (χ0v) is 84.2. The number of methoxy groups -OCH3 is 1. The smallest absolute Gasteiger partial charge is 0.351 e. The highest BCUT2D eigenvalue weighted by Gasteiger charge is 2.58. The van der Waals surface area contributed by atoms with Crippen molar-refractivity contribution in [3.8, 4) is 5.82 Å². The Bertz CT molecular complexity index is 4330. The van der Waals surface area contributed by atoms with Gasteiger partial charge in [-0.3, -0.25) is 33.6 Å². The average molecular weight is 1850 g/mol. The Balaban J connectivity index is 0.000000503. The minimum Gasteiger partial charge on any atom is -0.459 e. The molecule has 5 aliphatic heterocycles. The van der Waals surface area contributed by atoms with E-state index in [9.17, 15) is 63.6 Å². The third kappa shape index (κ3) is 29.2. The van der Waals surface area contributed by atoms with Gasteiger partial charge in [0, 0.05) is 98.0 Å². The summed E-state index contributed by atoms with van der Waals surface area (Å²) in [5, 5.41) is 59.0. The lowest BCUT2D eigenvalue weighted by molar-refractivity contribution is -0.198. The number of aliphatic imine (C=N–C) groups is 2. The molecule has 740 valence electrons. The summed E-state index contributed by atoms with van der Waals surface area (Å²) in [5.41, 5.74) is -11.2. The average Bonchev–Trinajstić information content (AvgIpc) is 1.68. The summed E-state index contributed by atoms with van der Waals surface area (Å²) in [4.78, 5) is 142. The number of pyridine rings is 1. The maximum Gasteiger partial charge on any atom is 0.351 e. The number of nitrogens with zero attached hydrogens (tertiary/aromatic N) is 7. The normalized spacial score (nSPS) is 37.7. The van der Waals surface area contributed by atoms with E-state index in [-0.39, 0.29) is 95.1 Å². The van der Waals surface area contributed by atoms with Crippen molar-refractivity contribution in [2.45, 2.75) is 355 Å². The maximum absolute atomic E-state index is 16.1. The lowest BCUT2D eigenvalue weighted by Crippen LogP contribution is -2.59. The van der Waals surface area contributed by atoms with E-state index in [1.165, 1.54) is 55.6 Å². The molecule has 32 heteroatoms. The number of oxime groups is 2. The van der Waals surface area contributed by atoms with Gasteiger partial charge in [0.05, 0.1) is 61.5 Å². The largest absolute Gasteiger partial charge is 0.459 e. The highest BCUT2D eigenvalue weighted by Crippen LogP contribution is 2.45. The molecule has 2 aromatic heterocycles. The number of amides is 2. The number of hydrogen-bond acceptors (Lipinski definition) is 27. The van der Waals surface area contributed by atoms with Crippen molar-refractivity contribution in [1.82, 2.24) is 14.8 Å². The lowest BCUT2D eigenvalue weighted by atomic mass is 9.70. The number of hydrogen-bond donors (Lipinski definition) is 4. The molecule has 5 saturated heterocycles. The van der Waals surface area contributed by atoms with Crippen LogP contribution in [0, 0.1) is 76.9 Å². The van der Waals surface area contributed by atoms with E-state index in [0.29, 0.717) is 35.1 Å². The number of aromatic nitrogens is 3. The van der Waals surface area contributed by atoms with E-state index in [0.717, 1.165) is 25.0 Å². The van der Waals surface area contributed by atoms with Crippen molar-refractivity contribution in [3.63, 3.8) is 0 Å². The van der Waals surface area contributed by atoms with Crippen molar-refractivity contribution in [3.05, 3.63) is 78.2 Å². The summed E-state index contributed by atoms with van der Waals surface area (Å²) in [6.07, 6.45) is -0.914. The second-order valence-corrected chi connectivity index (χ2v) is 36.9. The molecule has 0 radical (unpaired) electrons. The van der Waals surface area contributed by atoms with Gasteiger partial charge in [-0.15, -0.1) is 0 Å². The number of fused-ring (bicyclic) bond motifs is 10. The Labute approximate surface area is 776 Å². The van der Waals surface area contributed by atoms with Crippen LogP contribution in [0.1, 0.15) is 271 Å². The second-order valence-electron chi connectivity index (χ2n) is 36.9. The van der Waals surface area contributed by atoms with Crippen molar-refractivity contribution in [2.24, 2.45) is 97.2 Å². The summed E-state index contributed by atoms with van der Waals surface area (Å²) >= 11 is 0. The monoisotopic (exact) mass is 1850 g/mol. The topological polar surface area (TPSA) is 407 Å². The third-order valence-electron chi connectivity index (χ3n) is 27.1. The highest BCUT2D eigenvalue weighted by atomic mass is 19.1. The first-order chi connectivity index (χ1) is 61.0. The molecule has 3 aromatic rings. The first-order valence-electron chi connectivity index (χ1n) is 46.6. The summed E-state index contributed by atoms with van der Waals surface area (Å²) in [6.45, 7) is 53.7. The van der Waals surface area contributed by atoms with Gasteiger partial charge in [-0.1, -0.05) is 192 Å². The van der Waals surface area contributed by atoms with Crippen LogP contribution < -0.4 is 0 Å². The van der Waals surface area contributed by atoms with Crippen molar-refractivity contribution in [1.29, 1.82) is 0 Å². The van der Waals surface area contributed by atoms with Crippen molar-refractivity contribution >= 4 is 75.7 Å². The molecule has 1 aromatic carbocycles. The van der Waals surface area contributed by atoms with Crippen LogP contribution in [0.5, 0.6) is 0 Å². The molecule has 4 bridgehead atoms. The predicted octanol–water partition coefficient (Wildman–Crippen LogP) is 15.3. The molecule has 4 N–H and O–H groups in total. The Kier molecular flexibility index (Phi) is 45.5. The van der Waals surface area contributed by atoms with Gasteiger partial charge < -0.3 is 68.0 Å². The number of ketones is 4. The Morgan fingerprint density at radius 3 is 1.31 bits per heavy atom. The number of Topliss-reactive ketones (excluding diaryl/α,β-unsaturated/α-hetero) is 4. The number of rotatable bonds is 11. The molecule has 2 amide bonds. The zero-order chi connectivity index (χ0) is 100. The first kappa shape index (κ1) is 117. The van der Waals surface area contributed by atoms with Gasteiger partial charge in [0.1, 0.15) is 77.2 Å². The lowest BCUT2D eigenvalue weighted by Gasteiger charge is -2.44. The SMILES string of the molecule is CC.CC.CC.CC[C@H]1OC(=O)[C@@](C)(F)C(=O)[C@H](C)[C@@H](C)[C@@]2(C)C[C@@H](C)C(=NC(C)=O)[C@H](C)[C@@H](OC/C(=N\OCc3ccccc3)CO2)[C@]1(C)O.CC[C@H]1OC(=O)[C@@](C)(F)C(=O)[C@H](C)[C@@H](C)[C@](C)(OC)C[C@@H](C)C(=O)[C@H](C)[C@@H](O)[C@]1(C)O.CC[C@H]1OC(=O)[C@H](C)C(=O)[C@H](C)[C@@H](C)[C@@]2(C)C[C@@H](C)C(=NC(C)=O)[C@H](C)[C@@H](OC/C(=N\OCc3ccc(-n4cccn4)nc3)CO2)[C@]1(C)O. The predicted molar refractivity (Wildman–Crippen MR) is 497 cm³/mol. The quantitative estimate of drug-likeness (QED) is 0.0599. The van der Waals surface area contributed by atoms with Crippen LogP contribution >= 0.6 is 0 Å². The Morgan fingerprint density at radius 1 is 0.504 bits per heavy atom. The molecule has 7 heterocycles. The molecule has 30 nitrogen and oxygen atoms in total. The molecule has 5 aliphatic rings. The number of esters is 3. The number of aliphatic hydroxyl groups excluding tert-OH is 1. The Hall–Kier alpha value is -8.21. The third-order valence-corrected chi connectivity index (χ3v) is 27.1. The summed E-state index contributed by atoms with van der Waals surface area (Å²) in [5.74, 6) is -14.8. The summed E-state index contributed by atoms with van der Waals surface area (Å²) in [7, 11) is 1.45. The van der Waals surface area contributed by atoms with Crippen LogP contribution in [0.4, 0.5) is 8.78 Å². The van der Waals surface area contributed by atoms with Gasteiger partial charge in [0.25, 0.3) is 11.3 Å². The molecule has 8 rings (SSSR count). The zero-order valence-electron chi connectivity index (χ0n) is 84.2. The van der Waals surface area contributed by atoms with Gasteiger partial charge >= 0.3 is 17.9 Å². The van der Waals surface area contributed by atoms with Gasteiger partial charge in [0.15, 0.2) is 17.4 Å². The van der Waals surface area contributed by atoms with E-state index in [1.54, 1.807) is 99.4 Å². The number of aliphatic hydroxyl groups is 4. The fraction of sp³-hybridized carbons (Fsp3) is 0.727. The van der Waals surface area contributed by atoms with Gasteiger partial charge in [-0.05, 0) is 148 Å². The summed E-state index contributed by atoms with van der Waals surface area (Å²) in [6, 6.07) is 15.0. The number of ether oxygens (including phenoxy) is 8. The van der Waals surface area contributed by atoms with Crippen LogP contribution in [0.3, 0.4) is 0 Å². The summed E-state index contributed by atoms with van der Waals surface area (Å²) < 4.78 is 81.5. The minimum atomic E-state index is -2.98. The number of alkyl halides is 2. The van der Waals surface area contributed by atoms with E-state index in [1.807, 2.05) is 132 Å². The molecule has 131 heavy (non-hydrogen) atoms.